The van der Waals surface area contributed by atoms with Gasteiger partial charge in [0.25, 0.3) is 5.91 Å². The number of fused-ring (bicyclic) bond motifs is 1. The maximum atomic E-state index is 13.3. The van der Waals surface area contributed by atoms with E-state index in [0.717, 1.165) is 17.1 Å². The molecular weight excluding hydrogens is 392 g/mol. The zero-order chi connectivity index (χ0) is 21.5. The van der Waals surface area contributed by atoms with E-state index in [1.165, 1.54) is 0 Å². The van der Waals surface area contributed by atoms with Crippen molar-refractivity contribution < 1.29 is 24.3 Å². The number of hydrogen-bond acceptors (Lipinski definition) is 4. The molecule has 6 heteroatoms. The van der Waals surface area contributed by atoms with Gasteiger partial charge in [0.05, 0.1) is 12.3 Å². The fourth-order valence-electron chi connectivity index (χ4n) is 3.58. The van der Waals surface area contributed by atoms with Crippen LogP contribution in [-0.4, -0.2) is 31.8 Å². The number of para-hydroxylation sites is 4. The molecule has 160 valence electrons. The Bertz CT molecular complexity index is 1010. The van der Waals surface area contributed by atoms with Gasteiger partial charge in [-0.3, -0.25) is 4.79 Å². The molecule has 6 nitrogen and oxygen atoms in total. The first-order valence-electron chi connectivity index (χ1n) is 10.5. The molecule has 1 heterocycles. The molecule has 0 saturated carbocycles. The Kier molecular flexibility index (Phi) is 6.69. The predicted octanol–water partition coefficient (Wildman–Crippen LogP) is 3.17. The minimum Gasteiger partial charge on any atom is -0.492 e. The molecule has 0 fully saturated rings. The number of quaternary nitrogens is 1. The molecule has 0 unspecified atom stereocenters. The van der Waals surface area contributed by atoms with E-state index in [1.54, 1.807) is 0 Å². The SMILES string of the molecule is CCOc1ccccc1NC(=O)[C@@H]([NH2+]C[C@@H]1COc2ccccc2O1)c1ccccc1. The monoisotopic (exact) mass is 419 g/mol. The molecule has 2 atom stereocenters. The van der Waals surface area contributed by atoms with Crippen molar-refractivity contribution in [2.24, 2.45) is 0 Å². The van der Waals surface area contributed by atoms with E-state index in [1.807, 2.05) is 91.1 Å². The summed E-state index contributed by atoms with van der Waals surface area (Å²) in [6.45, 7) is 3.48. The molecule has 0 spiro atoms. The Balaban J connectivity index is 1.47. The second-order valence-corrected chi connectivity index (χ2v) is 7.28. The van der Waals surface area contributed by atoms with Crippen molar-refractivity contribution >= 4 is 11.6 Å². The number of hydrogen-bond donors (Lipinski definition) is 2. The summed E-state index contributed by atoms with van der Waals surface area (Å²) in [4.78, 5) is 13.3. The molecule has 31 heavy (non-hydrogen) atoms. The second-order valence-electron chi connectivity index (χ2n) is 7.28. The molecule has 0 aliphatic carbocycles. The topological polar surface area (TPSA) is 73.4 Å². The highest BCUT2D eigenvalue weighted by molar-refractivity contribution is 5.95. The lowest BCUT2D eigenvalue weighted by Crippen LogP contribution is -2.89. The highest BCUT2D eigenvalue weighted by Gasteiger charge is 2.29. The Morgan fingerprint density at radius 3 is 2.55 bits per heavy atom. The Morgan fingerprint density at radius 1 is 1.03 bits per heavy atom. The summed E-state index contributed by atoms with van der Waals surface area (Å²) in [6.07, 6.45) is -0.148. The van der Waals surface area contributed by atoms with E-state index >= 15 is 0 Å². The standard InChI is InChI=1S/C25H26N2O4/c1-2-29-21-13-7-6-12-20(21)27-25(28)24(18-10-4-3-5-11-18)26-16-19-17-30-22-14-8-9-15-23(22)31-19/h3-15,19,24,26H,2,16-17H2,1H3,(H,27,28)/p+1/t19-,24+/m1/s1. The molecule has 3 N–H and O–H groups in total. The summed E-state index contributed by atoms with van der Waals surface area (Å²) < 4.78 is 17.5. The normalized spacial score (nSPS) is 15.7. The third-order valence-corrected chi connectivity index (χ3v) is 5.09. The fraction of sp³-hybridized carbons (Fsp3) is 0.240. The van der Waals surface area contributed by atoms with Crippen LogP contribution in [0.3, 0.4) is 0 Å². The summed E-state index contributed by atoms with van der Waals surface area (Å²) in [6, 6.07) is 24.4. The lowest BCUT2D eigenvalue weighted by Gasteiger charge is -2.26. The number of nitrogens with two attached hydrogens (primary N) is 1. The van der Waals surface area contributed by atoms with Crippen molar-refractivity contribution in [1.82, 2.24) is 0 Å². The summed E-state index contributed by atoms with van der Waals surface area (Å²) >= 11 is 0. The second kappa shape index (κ2) is 10.00. The maximum Gasteiger partial charge on any atom is 0.287 e. The molecule has 1 aliphatic heterocycles. The number of rotatable bonds is 8. The first kappa shape index (κ1) is 20.8. The van der Waals surface area contributed by atoms with Gasteiger partial charge in [-0.25, -0.2) is 0 Å². The van der Waals surface area contributed by atoms with Crippen LogP contribution in [-0.2, 0) is 4.79 Å². The molecule has 0 saturated heterocycles. The van der Waals surface area contributed by atoms with Gasteiger partial charge in [0.1, 0.15) is 18.9 Å². The largest absolute Gasteiger partial charge is 0.492 e. The van der Waals surface area contributed by atoms with Gasteiger partial charge >= 0.3 is 0 Å². The lowest BCUT2D eigenvalue weighted by molar-refractivity contribution is -0.687. The van der Waals surface area contributed by atoms with Crippen LogP contribution in [0.2, 0.25) is 0 Å². The molecule has 0 aromatic heterocycles. The van der Waals surface area contributed by atoms with Crippen LogP contribution in [0, 0.1) is 0 Å². The van der Waals surface area contributed by atoms with Gasteiger partial charge in [0, 0.05) is 5.56 Å². The zero-order valence-electron chi connectivity index (χ0n) is 17.5. The van der Waals surface area contributed by atoms with Crippen molar-refractivity contribution in [3.05, 3.63) is 84.4 Å². The lowest BCUT2D eigenvalue weighted by atomic mass is 10.1. The maximum absolute atomic E-state index is 13.3. The van der Waals surface area contributed by atoms with Crippen LogP contribution in [0.15, 0.2) is 78.9 Å². The quantitative estimate of drug-likeness (QED) is 0.588. The predicted molar refractivity (Wildman–Crippen MR) is 119 cm³/mol. The molecule has 4 rings (SSSR count). The molecule has 1 aliphatic rings. The number of nitrogens with one attached hydrogen (secondary N) is 1. The summed E-state index contributed by atoms with van der Waals surface area (Å²) in [5.74, 6) is 2.03. The van der Waals surface area contributed by atoms with Gasteiger partial charge in [-0.1, -0.05) is 54.6 Å². The van der Waals surface area contributed by atoms with Crippen molar-refractivity contribution in [1.29, 1.82) is 0 Å². The zero-order valence-corrected chi connectivity index (χ0v) is 17.5. The van der Waals surface area contributed by atoms with Crippen molar-refractivity contribution in [3.8, 4) is 17.2 Å². The third kappa shape index (κ3) is 5.16. The van der Waals surface area contributed by atoms with E-state index in [-0.39, 0.29) is 12.0 Å². The minimum absolute atomic E-state index is 0.115. The van der Waals surface area contributed by atoms with E-state index in [4.69, 9.17) is 14.2 Å². The Labute approximate surface area is 182 Å². The van der Waals surface area contributed by atoms with Crippen molar-refractivity contribution in [2.75, 3.05) is 25.1 Å². The van der Waals surface area contributed by atoms with Gasteiger partial charge in [-0.2, -0.15) is 0 Å². The van der Waals surface area contributed by atoms with E-state index < -0.39 is 6.04 Å². The van der Waals surface area contributed by atoms with Crippen LogP contribution < -0.4 is 24.8 Å². The number of anilines is 1. The smallest absolute Gasteiger partial charge is 0.287 e. The Hall–Kier alpha value is -3.51. The minimum atomic E-state index is -0.434. The first-order chi connectivity index (χ1) is 15.2. The van der Waals surface area contributed by atoms with Gasteiger partial charge < -0.3 is 24.8 Å². The molecule has 3 aromatic rings. The van der Waals surface area contributed by atoms with Gasteiger partial charge in [-0.05, 0) is 31.2 Å². The molecule has 3 aromatic carbocycles. The number of amides is 1. The molecule has 1 amide bonds. The average Bonchev–Trinajstić information content (AvgIpc) is 2.81. The van der Waals surface area contributed by atoms with E-state index in [0.29, 0.717) is 31.2 Å². The molecule has 0 bridgehead atoms. The molecule has 0 radical (unpaired) electrons. The van der Waals surface area contributed by atoms with E-state index in [2.05, 4.69) is 5.32 Å². The third-order valence-electron chi connectivity index (χ3n) is 5.09. The first-order valence-corrected chi connectivity index (χ1v) is 10.5. The number of carbonyl (C=O) groups excluding carboxylic acids is 1. The van der Waals surface area contributed by atoms with Crippen LogP contribution in [0.5, 0.6) is 17.2 Å². The highest BCUT2D eigenvalue weighted by atomic mass is 16.6. The fourth-order valence-corrected chi connectivity index (χ4v) is 3.58. The van der Waals surface area contributed by atoms with E-state index in [9.17, 15) is 4.79 Å². The highest BCUT2D eigenvalue weighted by Crippen LogP contribution is 2.30. The van der Waals surface area contributed by atoms with Crippen LogP contribution in [0.25, 0.3) is 0 Å². The van der Waals surface area contributed by atoms with Crippen molar-refractivity contribution in [2.45, 2.75) is 19.1 Å². The summed E-state index contributed by atoms with van der Waals surface area (Å²) in [7, 11) is 0. The van der Waals surface area contributed by atoms with Crippen molar-refractivity contribution in [3.63, 3.8) is 0 Å². The Morgan fingerprint density at radius 2 is 1.74 bits per heavy atom. The van der Waals surface area contributed by atoms with Crippen LogP contribution in [0.4, 0.5) is 5.69 Å². The summed E-state index contributed by atoms with van der Waals surface area (Å²) in [5, 5.41) is 5.03. The van der Waals surface area contributed by atoms with Gasteiger partial charge in [0.15, 0.2) is 23.6 Å². The summed E-state index contributed by atoms with van der Waals surface area (Å²) in [5.41, 5.74) is 1.58. The van der Waals surface area contributed by atoms with Crippen LogP contribution in [0.1, 0.15) is 18.5 Å². The number of benzene rings is 3. The molecular formula is C25H27N2O4+. The average molecular weight is 420 g/mol. The van der Waals surface area contributed by atoms with Gasteiger partial charge in [-0.15, -0.1) is 0 Å². The van der Waals surface area contributed by atoms with Gasteiger partial charge in [0.2, 0.25) is 0 Å². The number of ether oxygens (including phenoxy) is 3. The van der Waals surface area contributed by atoms with Crippen LogP contribution >= 0.6 is 0 Å². The number of carbonyl (C=O) groups is 1.